The summed E-state index contributed by atoms with van der Waals surface area (Å²) in [5.41, 5.74) is 1.19. The van der Waals surface area contributed by atoms with Crippen molar-refractivity contribution in [2.75, 3.05) is 7.11 Å². The summed E-state index contributed by atoms with van der Waals surface area (Å²) in [6.45, 7) is 17.7. The van der Waals surface area contributed by atoms with E-state index in [1.807, 2.05) is 32.9 Å². The normalized spacial score (nSPS) is 13.7. The highest BCUT2D eigenvalue weighted by atomic mass is 28.3. The number of benzene rings is 1. The fourth-order valence-corrected chi connectivity index (χ4v) is 3.67. The molecule has 1 atom stereocenters. The van der Waals surface area contributed by atoms with Gasteiger partial charge in [-0.25, -0.2) is 0 Å². The molecule has 0 spiro atoms. The van der Waals surface area contributed by atoms with Crippen LogP contribution in [0.25, 0.3) is 6.08 Å². The summed E-state index contributed by atoms with van der Waals surface area (Å²) in [6.07, 6.45) is 3.21. The van der Waals surface area contributed by atoms with Crippen molar-refractivity contribution in [2.45, 2.75) is 67.0 Å². The Morgan fingerprint density at radius 2 is 1.61 bits per heavy atom. The van der Waals surface area contributed by atoms with Gasteiger partial charge in [0.15, 0.2) is 17.3 Å². The summed E-state index contributed by atoms with van der Waals surface area (Å²) < 4.78 is 11.9. The second kappa shape index (κ2) is 9.08. The molecule has 0 N–H and O–H groups in total. The van der Waals surface area contributed by atoms with E-state index < -0.39 is 20.4 Å². The minimum Gasteiger partial charge on any atom is -0.544 e. The Bertz CT molecular complexity index is 749. The highest BCUT2D eigenvalue weighted by molar-refractivity contribution is 6.49. The predicted molar refractivity (Wildman–Crippen MR) is 119 cm³/mol. The molecule has 0 amide bonds. The molecule has 4 nitrogen and oxygen atoms in total. The van der Waals surface area contributed by atoms with Crippen molar-refractivity contribution in [3.05, 3.63) is 29.3 Å². The van der Waals surface area contributed by atoms with Crippen LogP contribution >= 0.6 is 0 Å². The number of Topliss-reactive ketones (excluding diaryl/α,β-unsaturated/α-hetero) is 1. The van der Waals surface area contributed by atoms with Crippen LogP contribution in [0, 0.1) is 11.3 Å². The average molecular weight is 405 g/mol. The summed E-state index contributed by atoms with van der Waals surface area (Å²) in [4.78, 5) is 24.9. The van der Waals surface area contributed by atoms with Crippen LogP contribution in [0.1, 0.15) is 59.6 Å². The second-order valence-corrected chi connectivity index (χ2v) is 11.9. The molecule has 0 radical (unpaired) electrons. The van der Waals surface area contributed by atoms with Gasteiger partial charge in [-0.05, 0) is 37.6 Å². The zero-order chi connectivity index (χ0) is 21.9. The lowest BCUT2D eigenvalue weighted by molar-refractivity contribution is -0.135. The Morgan fingerprint density at radius 3 is 2.04 bits per heavy atom. The molecule has 0 fully saturated rings. The first kappa shape index (κ1) is 24.2. The number of hydrogen-bond acceptors (Lipinski definition) is 4. The number of hydrogen-bond donors (Lipinski definition) is 0. The third-order valence-electron chi connectivity index (χ3n) is 4.49. The van der Waals surface area contributed by atoms with E-state index in [2.05, 4.69) is 33.9 Å². The van der Waals surface area contributed by atoms with Crippen molar-refractivity contribution in [2.24, 2.45) is 11.3 Å². The number of allylic oxidation sites excluding steroid dienone is 1. The number of rotatable bonds is 7. The predicted octanol–water partition coefficient (Wildman–Crippen LogP) is 5.19. The van der Waals surface area contributed by atoms with Crippen LogP contribution in [0.3, 0.4) is 0 Å². The first-order valence-electron chi connectivity index (χ1n) is 9.84. The van der Waals surface area contributed by atoms with Crippen LogP contribution in [0.5, 0.6) is 11.5 Å². The van der Waals surface area contributed by atoms with Crippen molar-refractivity contribution in [3.63, 3.8) is 0 Å². The third-order valence-corrected chi connectivity index (χ3v) is 5.20. The van der Waals surface area contributed by atoms with E-state index >= 15 is 0 Å². The van der Waals surface area contributed by atoms with E-state index in [-0.39, 0.29) is 17.0 Å². The summed E-state index contributed by atoms with van der Waals surface area (Å²) in [6, 6.07) is 3.97. The minimum absolute atomic E-state index is 0.0612. The van der Waals surface area contributed by atoms with Gasteiger partial charge in [0.1, 0.15) is 5.78 Å². The Labute approximate surface area is 172 Å². The monoisotopic (exact) mass is 404 g/mol. The lowest BCUT2D eigenvalue weighted by atomic mass is 9.82. The van der Waals surface area contributed by atoms with E-state index in [9.17, 15) is 9.59 Å². The summed E-state index contributed by atoms with van der Waals surface area (Å²) >= 11 is 0. The summed E-state index contributed by atoms with van der Waals surface area (Å²) in [5, 5.41) is 0. The Morgan fingerprint density at radius 1 is 1.04 bits per heavy atom. The standard InChI is InChI=1S/C23H36O4Si/c1-15(21(25)23(5,6)7)18(24)14-12-16-11-13-17(22(2,3)4)20(26-8)19(16)27-28(9)10/h11-15,28H,1-10H3. The number of ketones is 2. The molecule has 5 heteroatoms. The van der Waals surface area contributed by atoms with Gasteiger partial charge in [0.2, 0.25) is 9.04 Å². The molecular weight excluding hydrogens is 368 g/mol. The topological polar surface area (TPSA) is 52.6 Å². The number of carbonyl (C=O) groups excluding carboxylic acids is 2. The van der Waals surface area contributed by atoms with Gasteiger partial charge < -0.3 is 9.16 Å². The van der Waals surface area contributed by atoms with E-state index in [0.29, 0.717) is 11.5 Å². The van der Waals surface area contributed by atoms with E-state index in [4.69, 9.17) is 9.16 Å². The molecule has 0 heterocycles. The molecule has 1 aromatic rings. The van der Waals surface area contributed by atoms with Gasteiger partial charge in [-0.2, -0.15) is 0 Å². The third kappa shape index (κ3) is 6.06. The summed E-state index contributed by atoms with van der Waals surface area (Å²) in [5.74, 6) is 0.453. The molecule has 156 valence electrons. The van der Waals surface area contributed by atoms with Crippen molar-refractivity contribution in [1.82, 2.24) is 0 Å². The molecule has 0 saturated heterocycles. The molecule has 0 aliphatic heterocycles. The van der Waals surface area contributed by atoms with Gasteiger partial charge in [0.25, 0.3) is 0 Å². The first-order chi connectivity index (χ1) is 12.7. The SMILES string of the molecule is COc1c(C(C)(C)C)ccc(C=CC(=O)C(C)C(=O)C(C)(C)C)c1O[SiH](C)C. The van der Waals surface area contributed by atoms with Crippen molar-refractivity contribution in [1.29, 1.82) is 0 Å². The molecule has 0 aliphatic rings. The van der Waals surface area contributed by atoms with Crippen molar-refractivity contribution >= 4 is 26.7 Å². The van der Waals surface area contributed by atoms with Crippen molar-refractivity contribution in [3.8, 4) is 11.5 Å². The fraction of sp³-hybridized carbons (Fsp3) is 0.565. The van der Waals surface area contributed by atoms with Crippen LogP contribution in [-0.2, 0) is 15.0 Å². The zero-order valence-corrected chi connectivity index (χ0v) is 20.3. The van der Waals surface area contributed by atoms with Gasteiger partial charge in [-0.1, -0.05) is 53.7 Å². The van der Waals surface area contributed by atoms with Crippen LogP contribution in [-0.4, -0.2) is 27.7 Å². The van der Waals surface area contributed by atoms with E-state index in [1.54, 1.807) is 20.1 Å². The number of methoxy groups -OCH3 is 1. The van der Waals surface area contributed by atoms with E-state index in [0.717, 1.165) is 11.1 Å². The lowest BCUT2D eigenvalue weighted by Crippen LogP contribution is -2.30. The molecule has 0 aromatic heterocycles. The van der Waals surface area contributed by atoms with Crippen LogP contribution in [0.15, 0.2) is 18.2 Å². The highest BCUT2D eigenvalue weighted by Gasteiger charge is 2.30. The molecule has 1 rings (SSSR count). The Kier molecular flexibility index (Phi) is 7.83. The molecule has 0 bridgehead atoms. The van der Waals surface area contributed by atoms with Crippen LogP contribution in [0.2, 0.25) is 13.1 Å². The van der Waals surface area contributed by atoms with Crippen LogP contribution < -0.4 is 9.16 Å². The maximum atomic E-state index is 12.5. The maximum Gasteiger partial charge on any atom is 0.229 e. The lowest BCUT2D eigenvalue weighted by Gasteiger charge is -2.26. The Balaban J connectivity index is 3.35. The van der Waals surface area contributed by atoms with Crippen LogP contribution in [0.4, 0.5) is 0 Å². The Hall–Kier alpha value is -1.88. The molecule has 0 aliphatic carbocycles. The van der Waals surface area contributed by atoms with Gasteiger partial charge in [0, 0.05) is 16.5 Å². The molecule has 1 aromatic carbocycles. The van der Waals surface area contributed by atoms with Gasteiger partial charge in [-0.15, -0.1) is 0 Å². The highest BCUT2D eigenvalue weighted by Crippen LogP contribution is 2.41. The average Bonchev–Trinajstić information content (AvgIpc) is 2.56. The first-order valence-corrected chi connectivity index (χ1v) is 12.6. The van der Waals surface area contributed by atoms with Gasteiger partial charge >= 0.3 is 0 Å². The summed E-state index contributed by atoms with van der Waals surface area (Å²) in [7, 11) is 0.238. The quantitative estimate of drug-likeness (QED) is 0.356. The zero-order valence-electron chi connectivity index (χ0n) is 19.1. The smallest absolute Gasteiger partial charge is 0.229 e. The molecule has 1 unspecified atom stereocenters. The maximum absolute atomic E-state index is 12.5. The number of ether oxygens (including phenoxy) is 1. The fourth-order valence-electron chi connectivity index (χ4n) is 2.95. The second-order valence-electron chi connectivity index (χ2n) is 9.55. The molecule has 28 heavy (non-hydrogen) atoms. The van der Waals surface area contributed by atoms with Gasteiger partial charge in [-0.3, -0.25) is 9.59 Å². The van der Waals surface area contributed by atoms with E-state index in [1.165, 1.54) is 6.08 Å². The molecule has 0 saturated carbocycles. The largest absolute Gasteiger partial charge is 0.544 e. The molecular formula is C23H36O4Si. The minimum atomic E-state index is -1.40. The number of carbonyl (C=O) groups is 2. The van der Waals surface area contributed by atoms with Gasteiger partial charge in [0.05, 0.1) is 13.0 Å². The van der Waals surface area contributed by atoms with Crippen molar-refractivity contribution < 1.29 is 18.8 Å².